The Morgan fingerprint density at radius 2 is 1.35 bits per heavy atom. The van der Waals surface area contributed by atoms with Gasteiger partial charge in [0.2, 0.25) is 0 Å². The Labute approximate surface area is 225 Å². The van der Waals surface area contributed by atoms with Crippen molar-refractivity contribution in [2.45, 2.75) is 48.8 Å². The number of hydrogen-bond acceptors (Lipinski definition) is 14. The van der Waals surface area contributed by atoms with Gasteiger partial charge in [0.15, 0.2) is 22.5 Å². The molecule has 2 aromatic carbocycles. The van der Waals surface area contributed by atoms with Gasteiger partial charge in [-0.05, 0) is 18.2 Å². The summed E-state index contributed by atoms with van der Waals surface area (Å²) < 4.78 is 21.9. The van der Waals surface area contributed by atoms with Gasteiger partial charge < -0.3 is 64.6 Å². The molecule has 14 heteroatoms. The van der Waals surface area contributed by atoms with Crippen molar-refractivity contribution >= 4 is 11.0 Å². The maximum atomic E-state index is 13.4. The van der Waals surface area contributed by atoms with Crippen molar-refractivity contribution in [3.05, 3.63) is 45.6 Å². The molecule has 3 aromatic rings. The average molecular weight is 564 g/mol. The number of ether oxygens (including phenoxy) is 3. The van der Waals surface area contributed by atoms with Crippen molar-refractivity contribution < 1.29 is 64.6 Å². The molecule has 2 saturated heterocycles. The van der Waals surface area contributed by atoms with E-state index < -0.39 is 101 Å². The van der Waals surface area contributed by atoms with Crippen molar-refractivity contribution in [2.75, 3.05) is 20.3 Å². The highest BCUT2D eigenvalue weighted by atomic mass is 16.5. The number of aliphatic hydroxyl groups is 6. The van der Waals surface area contributed by atoms with E-state index in [-0.39, 0.29) is 22.8 Å². The van der Waals surface area contributed by atoms with E-state index in [1.165, 1.54) is 25.3 Å². The van der Waals surface area contributed by atoms with E-state index in [0.29, 0.717) is 0 Å². The fourth-order valence-corrected chi connectivity index (χ4v) is 5.05. The summed E-state index contributed by atoms with van der Waals surface area (Å²) in [5.74, 6) is -2.04. The molecule has 0 radical (unpaired) electrons. The molecular formula is C26H28O14. The van der Waals surface area contributed by atoms with E-state index in [1.807, 2.05) is 0 Å². The molecule has 2 aliphatic rings. The molecule has 8 atom stereocenters. The van der Waals surface area contributed by atoms with Crippen molar-refractivity contribution in [3.63, 3.8) is 0 Å². The molecule has 216 valence electrons. The zero-order valence-corrected chi connectivity index (χ0v) is 20.9. The molecule has 8 unspecified atom stereocenters. The zero-order valence-electron chi connectivity index (χ0n) is 20.9. The van der Waals surface area contributed by atoms with E-state index >= 15 is 0 Å². The number of benzene rings is 2. The molecular weight excluding hydrogens is 536 g/mol. The van der Waals surface area contributed by atoms with E-state index in [4.69, 9.17) is 18.6 Å². The van der Waals surface area contributed by atoms with Crippen molar-refractivity contribution in [1.29, 1.82) is 0 Å². The number of aliphatic hydroxyl groups excluding tert-OH is 6. The fourth-order valence-electron chi connectivity index (χ4n) is 5.05. The minimum atomic E-state index is -1.87. The highest BCUT2D eigenvalue weighted by molar-refractivity contribution is 5.92. The largest absolute Gasteiger partial charge is 0.507 e. The van der Waals surface area contributed by atoms with Gasteiger partial charge in [0.25, 0.3) is 0 Å². The summed E-state index contributed by atoms with van der Waals surface area (Å²) in [6.07, 6.45) is -13.5. The fraction of sp³-hybridized carbons (Fsp3) is 0.423. The Bertz CT molecular complexity index is 1480. The van der Waals surface area contributed by atoms with Crippen LogP contribution in [0.25, 0.3) is 22.3 Å². The summed E-state index contributed by atoms with van der Waals surface area (Å²) in [6, 6.07) is 5.09. The summed E-state index contributed by atoms with van der Waals surface area (Å²) in [4.78, 5) is 13.4. The molecule has 5 rings (SSSR count). The van der Waals surface area contributed by atoms with Crippen LogP contribution in [0.15, 0.2) is 33.5 Å². The Kier molecular flexibility index (Phi) is 7.37. The molecule has 40 heavy (non-hydrogen) atoms. The molecule has 3 heterocycles. The van der Waals surface area contributed by atoms with Gasteiger partial charge in [-0.2, -0.15) is 0 Å². The molecule has 0 amide bonds. The molecule has 0 saturated carbocycles. The van der Waals surface area contributed by atoms with Gasteiger partial charge in [0.1, 0.15) is 71.5 Å². The number of methoxy groups -OCH3 is 1. The predicted octanol–water partition coefficient (Wildman–Crippen LogP) is -1.11. The third-order valence-electron chi connectivity index (χ3n) is 7.23. The quantitative estimate of drug-likeness (QED) is 0.183. The molecule has 0 bridgehead atoms. The Hall–Kier alpha value is -3.47. The van der Waals surface area contributed by atoms with Crippen LogP contribution in [-0.4, -0.2) is 103 Å². The van der Waals surface area contributed by atoms with Crippen LogP contribution in [0, 0.1) is 0 Å². The third-order valence-corrected chi connectivity index (χ3v) is 7.23. The van der Waals surface area contributed by atoms with Crippen LogP contribution in [0.3, 0.4) is 0 Å². The maximum absolute atomic E-state index is 13.4. The minimum absolute atomic E-state index is 0.136. The topological polar surface area (TPSA) is 240 Å². The van der Waals surface area contributed by atoms with E-state index in [2.05, 4.69) is 0 Å². The lowest BCUT2D eigenvalue weighted by molar-refractivity contribution is -0.191. The van der Waals surface area contributed by atoms with Gasteiger partial charge in [0, 0.05) is 11.6 Å². The monoisotopic (exact) mass is 564 g/mol. The first-order valence-corrected chi connectivity index (χ1v) is 12.2. The van der Waals surface area contributed by atoms with Crippen LogP contribution < -0.4 is 10.2 Å². The molecule has 2 fully saturated rings. The first-order valence-electron chi connectivity index (χ1n) is 12.2. The summed E-state index contributed by atoms with van der Waals surface area (Å²) >= 11 is 0. The molecule has 14 nitrogen and oxygen atoms in total. The second-order valence-corrected chi connectivity index (χ2v) is 9.70. The Morgan fingerprint density at radius 3 is 1.90 bits per heavy atom. The summed E-state index contributed by atoms with van der Waals surface area (Å²) in [5, 5.41) is 94.0. The summed E-state index contributed by atoms with van der Waals surface area (Å²) in [5.41, 5.74) is -2.15. The lowest BCUT2D eigenvalue weighted by Gasteiger charge is -2.38. The first kappa shape index (κ1) is 28.1. The maximum Gasteiger partial charge on any atom is 0.197 e. The lowest BCUT2D eigenvalue weighted by atomic mass is 9.87. The van der Waals surface area contributed by atoms with E-state index in [1.54, 1.807) is 0 Å². The molecule has 0 spiro atoms. The highest BCUT2D eigenvalue weighted by Gasteiger charge is 2.46. The second-order valence-electron chi connectivity index (χ2n) is 9.70. The number of fused-ring (bicyclic) bond motifs is 1. The first-order chi connectivity index (χ1) is 19.0. The Balaban J connectivity index is 1.79. The average Bonchev–Trinajstić information content (AvgIpc) is 2.92. The number of phenolic OH excluding ortho intramolecular Hbond substituents is 3. The minimum Gasteiger partial charge on any atom is -0.507 e. The molecule has 0 aliphatic carbocycles. The Morgan fingerprint density at radius 1 is 0.775 bits per heavy atom. The number of rotatable bonds is 4. The molecule has 2 aliphatic heterocycles. The van der Waals surface area contributed by atoms with Gasteiger partial charge in [-0.1, -0.05) is 0 Å². The number of phenols is 3. The van der Waals surface area contributed by atoms with Crippen molar-refractivity contribution in [1.82, 2.24) is 0 Å². The molecule has 1 aromatic heterocycles. The number of hydrogen-bond donors (Lipinski definition) is 9. The van der Waals surface area contributed by atoms with Crippen LogP contribution in [-0.2, 0) is 9.47 Å². The van der Waals surface area contributed by atoms with Crippen LogP contribution >= 0.6 is 0 Å². The summed E-state index contributed by atoms with van der Waals surface area (Å²) in [7, 11) is 1.34. The standard InChI is InChI=1S/C26H28O14/c1-37-13-3-2-8(4-9(13)27)14-5-10(28)15-20(33)16(25-22(35)18(31)11(29)6-38-25)21(34)17(24(15)40-14)26-23(36)19(32)12(30)7-39-26/h2-5,11-12,18-19,22-23,25-27,29-36H,6-7H2,1H3. The van der Waals surface area contributed by atoms with Gasteiger partial charge in [0.05, 0.1) is 31.5 Å². The van der Waals surface area contributed by atoms with Crippen LogP contribution in [0.2, 0.25) is 0 Å². The van der Waals surface area contributed by atoms with Gasteiger partial charge >= 0.3 is 0 Å². The zero-order chi connectivity index (χ0) is 29.0. The van der Waals surface area contributed by atoms with E-state index in [9.17, 15) is 50.8 Å². The predicted molar refractivity (Wildman–Crippen MR) is 133 cm³/mol. The lowest BCUT2D eigenvalue weighted by Crippen LogP contribution is -2.49. The van der Waals surface area contributed by atoms with Crippen LogP contribution in [0.1, 0.15) is 23.3 Å². The second kappa shape index (κ2) is 10.5. The summed E-state index contributed by atoms with van der Waals surface area (Å²) in [6.45, 7) is -0.999. The number of aromatic hydroxyl groups is 3. The van der Waals surface area contributed by atoms with Crippen LogP contribution in [0.4, 0.5) is 0 Å². The van der Waals surface area contributed by atoms with Gasteiger partial charge in [-0.25, -0.2) is 0 Å². The van der Waals surface area contributed by atoms with Gasteiger partial charge in [-0.15, -0.1) is 0 Å². The SMILES string of the molecule is COc1ccc(-c2cc(=O)c3c(O)c(C4OCC(O)C(O)C4O)c(O)c(C4OCC(O)C(O)C4O)c3o2)cc1O. The van der Waals surface area contributed by atoms with Crippen LogP contribution in [0.5, 0.6) is 23.0 Å². The smallest absolute Gasteiger partial charge is 0.197 e. The third kappa shape index (κ3) is 4.44. The highest BCUT2D eigenvalue weighted by Crippen LogP contribution is 2.50. The van der Waals surface area contributed by atoms with Gasteiger partial charge in [-0.3, -0.25) is 4.79 Å². The normalized spacial score (nSPS) is 30.9. The molecule has 9 N–H and O–H groups in total. The van der Waals surface area contributed by atoms with E-state index in [0.717, 1.165) is 6.07 Å². The van der Waals surface area contributed by atoms with Crippen molar-refractivity contribution in [3.8, 4) is 34.3 Å². The van der Waals surface area contributed by atoms with Crippen molar-refractivity contribution in [2.24, 2.45) is 0 Å².